The Labute approximate surface area is 163 Å². The van der Waals surface area contributed by atoms with Crippen molar-refractivity contribution in [3.05, 3.63) is 69.6 Å². The first kappa shape index (κ1) is 19.2. The summed E-state index contributed by atoms with van der Waals surface area (Å²) in [5, 5.41) is 8.87. The molecule has 4 nitrogen and oxygen atoms in total. The highest BCUT2D eigenvalue weighted by Gasteiger charge is 2.16. The maximum Gasteiger partial charge on any atom is 0.244 e. The summed E-state index contributed by atoms with van der Waals surface area (Å²) in [7, 11) is -1.73. The lowest BCUT2D eigenvalue weighted by atomic mass is 10.2. The van der Waals surface area contributed by atoms with E-state index in [1.165, 1.54) is 0 Å². The predicted octanol–water partition coefficient (Wildman–Crippen LogP) is 5.70. The first-order chi connectivity index (χ1) is 11.8. The van der Waals surface area contributed by atoms with Crippen LogP contribution in [0.3, 0.4) is 0 Å². The summed E-state index contributed by atoms with van der Waals surface area (Å²) in [6.07, 6.45) is 1.70. The van der Waals surface area contributed by atoms with Gasteiger partial charge in [0.05, 0.1) is 11.6 Å². The van der Waals surface area contributed by atoms with Crippen molar-refractivity contribution < 1.29 is 9.16 Å². The Morgan fingerprint density at radius 3 is 2.48 bits per heavy atom. The van der Waals surface area contributed by atoms with E-state index in [1.807, 2.05) is 18.2 Å². The van der Waals surface area contributed by atoms with Crippen molar-refractivity contribution in [2.75, 3.05) is 0 Å². The van der Waals surface area contributed by atoms with E-state index in [1.54, 1.807) is 30.5 Å². The molecule has 2 rings (SSSR count). The Kier molecular flexibility index (Phi) is 6.39. The van der Waals surface area contributed by atoms with Gasteiger partial charge in [0.15, 0.2) is 5.88 Å². The average Bonchev–Trinajstić information content (AvgIpc) is 2.54. The van der Waals surface area contributed by atoms with Crippen LogP contribution in [-0.2, 0) is 4.43 Å². The van der Waals surface area contributed by atoms with E-state index in [2.05, 4.69) is 59.9 Å². The van der Waals surface area contributed by atoms with Gasteiger partial charge in [-0.25, -0.2) is 4.99 Å². The molecule has 0 radical (unpaired) electrons. The van der Waals surface area contributed by atoms with Gasteiger partial charge in [0, 0.05) is 15.3 Å². The SMILES string of the molecule is C=C(N=Cc1cc(I)ccc1Oc1ccc(C#N)cc1)O[Si](C)(C)C. The Hall–Kier alpha value is -2.11. The third-order valence-electron chi connectivity index (χ3n) is 2.95. The van der Waals surface area contributed by atoms with E-state index in [0.717, 1.165) is 9.13 Å². The summed E-state index contributed by atoms with van der Waals surface area (Å²) < 4.78 is 12.8. The molecule has 0 aliphatic carbocycles. The Balaban J connectivity index is 2.22. The zero-order valence-corrected chi connectivity index (χ0v) is 17.6. The maximum atomic E-state index is 8.87. The van der Waals surface area contributed by atoms with Crippen molar-refractivity contribution in [3.63, 3.8) is 0 Å². The van der Waals surface area contributed by atoms with E-state index in [-0.39, 0.29) is 0 Å². The molecule has 0 aliphatic rings. The van der Waals surface area contributed by atoms with E-state index in [0.29, 0.717) is 22.9 Å². The van der Waals surface area contributed by atoms with Crippen LogP contribution < -0.4 is 4.74 Å². The van der Waals surface area contributed by atoms with E-state index >= 15 is 0 Å². The van der Waals surface area contributed by atoms with Gasteiger partial charge in [-0.2, -0.15) is 5.26 Å². The summed E-state index contributed by atoms with van der Waals surface area (Å²) >= 11 is 2.24. The molecule has 0 saturated carbocycles. The highest BCUT2D eigenvalue weighted by Crippen LogP contribution is 2.26. The first-order valence-corrected chi connectivity index (χ1v) is 12.1. The van der Waals surface area contributed by atoms with E-state index < -0.39 is 8.32 Å². The predicted molar refractivity (Wildman–Crippen MR) is 112 cm³/mol. The van der Waals surface area contributed by atoms with Crippen molar-refractivity contribution in [2.45, 2.75) is 19.6 Å². The van der Waals surface area contributed by atoms with Gasteiger partial charge in [-0.15, -0.1) is 0 Å². The second-order valence-electron chi connectivity index (χ2n) is 6.29. The van der Waals surface area contributed by atoms with Crippen LogP contribution in [0.1, 0.15) is 11.1 Å². The molecule has 0 N–H and O–H groups in total. The van der Waals surface area contributed by atoms with Crippen LogP contribution in [-0.4, -0.2) is 14.5 Å². The third-order valence-corrected chi connectivity index (χ3v) is 4.47. The minimum Gasteiger partial charge on any atom is -0.532 e. The lowest BCUT2D eigenvalue weighted by Gasteiger charge is -2.18. The van der Waals surface area contributed by atoms with Gasteiger partial charge >= 0.3 is 0 Å². The van der Waals surface area contributed by atoms with E-state index in [4.69, 9.17) is 14.4 Å². The topological polar surface area (TPSA) is 54.6 Å². The van der Waals surface area contributed by atoms with Crippen molar-refractivity contribution >= 4 is 37.1 Å². The van der Waals surface area contributed by atoms with E-state index in [9.17, 15) is 0 Å². The van der Waals surface area contributed by atoms with Gasteiger partial charge < -0.3 is 9.16 Å². The molecule has 0 fully saturated rings. The molecular weight excluding hydrogens is 443 g/mol. The highest BCUT2D eigenvalue weighted by atomic mass is 127. The number of benzene rings is 2. The zero-order chi connectivity index (χ0) is 18.4. The summed E-state index contributed by atoms with van der Waals surface area (Å²) in [4.78, 5) is 4.32. The van der Waals surface area contributed by atoms with Crippen molar-refractivity contribution in [1.29, 1.82) is 5.26 Å². The third kappa shape index (κ3) is 6.36. The molecule has 0 unspecified atom stereocenters. The molecule has 2 aromatic rings. The maximum absolute atomic E-state index is 8.87. The number of halogens is 1. The van der Waals surface area contributed by atoms with Crippen LogP contribution in [0.25, 0.3) is 0 Å². The molecule has 25 heavy (non-hydrogen) atoms. The summed E-state index contributed by atoms with van der Waals surface area (Å²) in [6.45, 7) is 10.1. The quantitative estimate of drug-likeness (QED) is 0.240. The molecule has 128 valence electrons. The molecule has 0 spiro atoms. The fraction of sp³-hybridized carbons (Fsp3) is 0.158. The highest BCUT2D eigenvalue weighted by molar-refractivity contribution is 14.1. The minimum absolute atomic E-state index is 0.405. The molecule has 0 bridgehead atoms. The second-order valence-corrected chi connectivity index (χ2v) is 12.0. The number of nitrogens with zero attached hydrogens (tertiary/aromatic N) is 2. The van der Waals surface area contributed by atoms with Crippen molar-refractivity contribution in [1.82, 2.24) is 0 Å². The van der Waals surface area contributed by atoms with Crippen LogP contribution in [0.2, 0.25) is 19.6 Å². The largest absolute Gasteiger partial charge is 0.532 e. The first-order valence-electron chi connectivity index (χ1n) is 7.66. The second kappa shape index (κ2) is 8.32. The number of aliphatic imine (C=N–C) groups is 1. The molecule has 0 atom stereocenters. The van der Waals surface area contributed by atoms with Gasteiger partial charge in [-0.3, -0.25) is 0 Å². The van der Waals surface area contributed by atoms with Gasteiger partial charge in [0.25, 0.3) is 0 Å². The fourth-order valence-corrected chi connectivity index (χ4v) is 3.23. The summed E-state index contributed by atoms with van der Waals surface area (Å²) in [6, 6.07) is 14.9. The normalized spacial score (nSPS) is 11.2. The van der Waals surface area contributed by atoms with Crippen LogP contribution >= 0.6 is 22.6 Å². The van der Waals surface area contributed by atoms with Crippen LogP contribution in [0.5, 0.6) is 11.5 Å². The zero-order valence-electron chi connectivity index (χ0n) is 14.4. The summed E-state index contributed by atoms with van der Waals surface area (Å²) in [5.74, 6) is 1.74. The number of hydrogen-bond acceptors (Lipinski definition) is 4. The molecule has 0 aromatic heterocycles. The molecule has 0 saturated heterocycles. The molecule has 6 heteroatoms. The lowest BCUT2D eigenvalue weighted by molar-refractivity contribution is 0.421. The standard InChI is InChI=1S/C19H19IN2O2Si/c1-14(24-25(2,3)4)22-13-16-11-17(20)7-10-19(16)23-18-8-5-15(12-21)6-9-18/h5-11,13H,1H2,2-4H3. The average molecular weight is 462 g/mol. The molecule has 0 heterocycles. The lowest BCUT2D eigenvalue weighted by Crippen LogP contribution is -2.24. The molecule has 0 amide bonds. The van der Waals surface area contributed by atoms with Crippen LogP contribution in [0.4, 0.5) is 0 Å². The Morgan fingerprint density at radius 1 is 1.20 bits per heavy atom. The van der Waals surface area contributed by atoms with Crippen molar-refractivity contribution in [2.24, 2.45) is 4.99 Å². The fourth-order valence-electron chi connectivity index (χ4n) is 1.96. The van der Waals surface area contributed by atoms with Crippen LogP contribution in [0.15, 0.2) is 59.9 Å². The van der Waals surface area contributed by atoms with Crippen LogP contribution in [0, 0.1) is 14.9 Å². The van der Waals surface area contributed by atoms with Gasteiger partial charge in [0.1, 0.15) is 11.5 Å². The Bertz CT molecular complexity index is 834. The minimum atomic E-state index is -1.73. The Morgan fingerprint density at radius 2 is 1.88 bits per heavy atom. The summed E-state index contributed by atoms with van der Waals surface area (Å²) in [5.41, 5.74) is 1.42. The number of ether oxygens (including phenoxy) is 1. The van der Waals surface area contributed by atoms with Gasteiger partial charge in [0.2, 0.25) is 8.32 Å². The number of rotatable bonds is 6. The molecular formula is C19H19IN2O2Si. The molecule has 0 aliphatic heterocycles. The number of hydrogen-bond donors (Lipinski definition) is 0. The monoisotopic (exact) mass is 462 g/mol. The smallest absolute Gasteiger partial charge is 0.244 e. The number of nitriles is 1. The molecule has 2 aromatic carbocycles. The van der Waals surface area contributed by atoms with Crippen molar-refractivity contribution in [3.8, 4) is 17.6 Å². The van der Waals surface area contributed by atoms with Gasteiger partial charge in [-0.1, -0.05) is 0 Å². The van der Waals surface area contributed by atoms with Gasteiger partial charge in [-0.05, 0) is 91.3 Å².